The standard InChI is InChI=1S/C23H31N5O3S/c1-5-6-15-28-21-8-7-19(32(30,31)26(2)3)16-20(21)25-22(28)9-10-23(29)27(4)17-18-11-13-24-14-12-18/h7-8,11-14,16H,5-6,9-10,15,17H2,1-4H3. The Bertz CT molecular complexity index is 1170. The molecule has 0 atom stereocenters. The number of amides is 1. The second-order valence-corrected chi connectivity index (χ2v) is 10.2. The van der Waals surface area contributed by atoms with Crippen LogP contribution >= 0.6 is 0 Å². The molecule has 9 heteroatoms. The van der Waals surface area contributed by atoms with Crippen molar-refractivity contribution in [2.45, 2.75) is 50.6 Å². The molecule has 0 aliphatic carbocycles. The van der Waals surface area contributed by atoms with Crippen molar-refractivity contribution in [3.05, 3.63) is 54.1 Å². The van der Waals surface area contributed by atoms with Crippen LogP contribution < -0.4 is 0 Å². The molecule has 3 aromatic rings. The molecule has 2 heterocycles. The first kappa shape index (κ1) is 23.9. The molecule has 0 N–H and O–H groups in total. The minimum atomic E-state index is -3.54. The van der Waals surface area contributed by atoms with Crippen LogP contribution in [-0.4, -0.2) is 59.2 Å². The molecule has 0 radical (unpaired) electrons. The van der Waals surface area contributed by atoms with Crippen molar-refractivity contribution in [3.63, 3.8) is 0 Å². The number of imidazole rings is 1. The summed E-state index contributed by atoms with van der Waals surface area (Å²) in [7, 11) is 1.28. The zero-order chi connectivity index (χ0) is 23.3. The van der Waals surface area contributed by atoms with E-state index >= 15 is 0 Å². The number of benzene rings is 1. The molecular weight excluding hydrogens is 426 g/mol. The maximum atomic E-state index is 12.7. The topological polar surface area (TPSA) is 88.4 Å². The van der Waals surface area contributed by atoms with E-state index in [1.165, 1.54) is 18.4 Å². The van der Waals surface area contributed by atoms with Gasteiger partial charge >= 0.3 is 0 Å². The van der Waals surface area contributed by atoms with E-state index in [4.69, 9.17) is 4.98 Å². The third-order valence-electron chi connectivity index (χ3n) is 5.47. The summed E-state index contributed by atoms with van der Waals surface area (Å²) >= 11 is 0. The molecule has 2 aromatic heterocycles. The maximum Gasteiger partial charge on any atom is 0.242 e. The van der Waals surface area contributed by atoms with Crippen LogP contribution in [0.25, 0.3) is 11.0 Å². The third kappa shape index (κ3) is 5.34. The molecule has 0 bridgehead atoms. The Hall–Kier alpha value is -2.78. The molecule has 1 amide bonds. The van der Waals surface area contributed by atoms with Crippen molar-refractivity contribution in [2.75, 3.05) is 21.1 Å². The minimum absolute atomic E-state index is 0.0341. The summed E-state index contributed by atoms with van der Waals surface area (Å²) in [4.78, 5) is 23.4. The van der Waals surface area contributed by atoms with Gasteiger partial charge in [0.15, 0.2) is 0 Å². The van der Waals surface area contributed by atoms with Crippen LogP contribution in [0.15, 0.2) is 47.6 Å². The minimum Gasteiger partial charge on any atom is -0.341 e. The molecule has 3 rings (SSSR count). The van der Waals surface area contributed by atoms with E-state index in [0.717, 1.165) is 36.3 Å². The molecule has 0 saturated heterocycles. The monoisotopic (exact) mass is 457 g/mol. The summed E-state index contributed by atoms with van der Waals surface area (Å²) in [6.07, 6.45) is 6.27. The Balaban J connectivity index is 1.82. The molecule has 172 valence electrons. The second kappa shape index (κ2) is 10.2. The molecule has 1 aromatic carbocycles. The predicted molar refractivity (Wildman–Crippen MR) is 125 cm³/mol. The number of unbranched alkanes of at least 4 members (excludes halogenated alkanes) is 1. The van der Waals surface area contributed by atoms with Crippen LogP contribution in [0.1, 0.15) is 37.6 Å². The highest BCUT2D eigenvalue weighted by Crippen LogP contribution is 2.23. The SMILES string of the molecule is CCCCn1c(CCC(=O)N(C)Cc2ccncc2)nc2cc(S(=O)(=O)N(C)C)ccc21. The zero-order valence-electron chi connectivity index (χ0n) is 19.2. The van der Waals surface area contributed by atoms with Gasteiger partial charge in [0.1, 0.15) is 5.82 Å². The molecule has 8 nitrogen and oxygen atoms in total. The van der Waals surface area contributed by atoms with E-state index < -0.39 is 10.0 Å². The van der Waals surface area contributed by atoms with Gasteiger partial charge in [0.25, 0.3) is 0 Å². The fourth-order valence-electron chi connectivity index (χ4n) is 3.55. The predicted octanol–water partition coefficient (Wildman–Crippen LogP) is 3.07. The van der Waals surface area contributed by atoms with Gasteiger partial charge in [-0.25, -0.2) is 17.7 Å². The van der Waals surface area contributed by atoms with Gasteiger partial charge in [0.05, 0.1) is 15.9 Å². The first-order chi connectivity index (χ1) is 15.2. The van der Waals surface area contributed by atoms with Crippen LogP contribution in [0.4, 0.5) is 0 Å². The van der Waals surface area contributed by atoms with Gasteiger partial charge in [0, 0.05) is 59.5 Å². The molecular formula is C23H31N5O3S. The fraction of sp³-hybridized carbons (Fsp3) is 0.435. The Morgan fingerprint density at radius 3 is 2.47 bits per heavy atom. The number of fused-ring (bicyclic) bond motifs is 1. The van der Waals surface area contributed by atoms with Crippen LogP contribution in [0.2, 0.25) is 0 Å². The normalized spacial score (nSPS) is 11.9. The highest BCUT2D eigenvalue weighted by molar-refractivity contribution is 7.89. The number of carbonyl (C=O) groups is 1. The number of pyridine rings is 1. The van der Waals surface area contributed by atoms with E-state index in [9.17, 15) is 13.2 Å². The lowest BCUT2D eigenvalue weighted by molar-refractivity contribution is -0.130. The van der Waals surface area contributed by atoms with Crippen molar-refractivity contribution >= 4 is 27.0 Å². The molecule has 0 aliphatic heterocycles. The van der Waals surface area contributed by atoms with Crippen LogP contribution in [0.5, 0.6) is 0 Å². The summed E-state index contributed by atoms with van der Waals surface area (Å²) < 4.78 is 28.3. The largest absolute Gasteiger partial charge is 0.341 e. The summed E-state index contributed by atoms with van der Waals surface area (Å²) in [5, 5.41) is 0. The smallest absolute Gasteiger partial charge is 0.242 e. The van der Waals surface area contributed by atoms with Crippen molar-refractivity contribution in [1.82, 2.24) is 23.7 Å². The third-order valence-corrected chi connectivity index (χ3v) is 7.28. The van der Waals surface area contributed by atoms with E-state index in [1.807, 2.05) is 18.2 Å². The van der Waals surface area contributed by atoms with Gasteiger partial charge in [-0.3, -0.25) is 9.78 Å². The lowest BCUT2D eigenvalue weighted by atomic mass is 10.2. The molecule has 0 aliphatic rings. The summed E-state index contributed by atoms with van der Waals surface area (Å²) in [6, 6.07) is 8.85. The van der Waals surface area contributed by atoms with Crippen molar-refractivity contribution in [3.8, 4) is 0 Å². The average Bonchev–Trinajstić information content (AvgIpc) is 3.13. The number of nitrogens with zero attached hydrogens (tertiary/aromatic N) is 5. The second-order valence-electron chi connectivity index (χ2n) is 8.08. The lowest BCUT2D eigenvalue weighted by Crippen LogP contribution is -2.26. The average molecular weight is 458 g/mol. The quantitative estimate of drug-likeness (QED) is 0.467. The van der Waals surface area contributed by atoms with Crippen molar-refractivity contribution < 1.29 is 13.2 Å². The Morgan fingerprint density at radius 1 is 1.09 bits per heavy atom. The fourth-order valence-corrected chi connectivity index (χ4v) is 4.47. The highest BCUT2D eigenvalue weighted by atomic mass is 32.2. The first-order valence-electron chi connectivity index (χ1n) is 10.8. The first-order valence-corrected chi connectivity index (χ1v) is 12.2. The molecule has 0 unspecified atom stereocenters. The molecule has 0 spiro atoms. The van der Waals surface area contributed by atoms with Crippen molar-refractivity contribution in [1.29, 1.82) is 0 Å². The number of sulfonamides is 1. The number of hydrogen-bond donors (Lipinski definition) is 0. The molecule has 32 heavy (non-hydrogen) atoms. The lowest BCUT2D eigenvalue weighted by Gasteiger charge is -2.17. The Kier molecular flexibility index (Phi) is 7.63. The zero-order valence-corrected chi connectivity index (χ0v) is 20.0. The van der Waals surface area contributed by atoms with Crippen molar-refractivity contribution in [2.24, 2.45) is 0 Å². The highest BCUT2D eigenvalue weighted by Gasteiger charge is 2.20. The summed E-state index contributed by atoms with van der Waals surface area (Å²) in [5.41, 5.74) is 2.56. The number of aromatic nitrogens is 3. The number of rotatable bonds is 10. The van der Waals surface area contributed by atoms with Gasteiger partial charge in [0.2, 0.25) is 15.9 Å². The Labute approximate surface area is 189 Å². The summed E-state index contributed by atoms with van der Waals surface area (Å²) in [6.45, 7) is 3.43. The van der Waals surface area contributed by atoms with Gasteiger partial charge in [-0.2, -0.15) is 0 Å². The molecule has 0 saturated carbocycles. The molecule has 0 fully saturated rings. The van der Waals surface area contributed by atoms with Crippen LogP contribution in [0.3, 0.4) is 0 Å². The Morgan fingerprint density at radius 2 is 1.81 bits per heavy atom. The van der Waals surface area contributed by atoms with E-state index in [2.05, 4.69) is 16.5 Å². The van der Waals surface area contributed by atoms with Gasteiger partial charge in [-0.1, -0.05) is 13.3 Å². The van der Waals surface area contributed by atoms with Gasteiger partial charge < -0.3 is 9.47 Å². The van der Waals surface area contributed by atoms with E-state index in [1.54, 1.807) is 36.5 Å². The van der Waals surface area contributed by atoms with E-state index in [-0.39, 0.29) is 10.8 Å². The van der Waals surface area contributed by atoms with E-state index in [0.29, 0.717) is 24.9 Å². The number of hydrogen-bond acceptors (Lipinski definition) is 5. The maximum absolute atomic E-state index is 12.7. The van der Waals surface area contributed by atoms with Gasteiger partial charge in [-0.05, 0) is 42.3 Å². The van der Waals surface area contributed by atoms with Crippen LogP contribution in [0, 0.1) is 0 Å². The summed E-state index contributed by atoms with van der Waals surface area (Å²) in [5.74, 6) is 0.838. The number of aryl methyl sites for hydroxylation is 2. The van der Waals surface area contributed by atoms with Crippen LogP contribution in [-0.2, 0) is 34.3 Å². The number of carbonyl (C=O) groups excluding carboxylic acids is 1. The van der Waals surface area contributed by atoms with Gasteiger partial charge in [-0.15, -0.1) is 0 Å².